The highest BCUT2D eigenvalue weighted by molar-refractivity contribution is 6.27. The van der Waals surface area contributed by atoms with E-state index in [1.54, 1.807) is 23.1 Å². The molecular weight excluding hydrogens is 320 g/mol. The molecule has 25 heavy (non-hydrogen) atoms. The molecular formula is C19H18N2O4. The Labute approximate surface area is 145 Å². The molecule has 0 unspecified atom stereocenters. The van der Waals surface area contributed by atoms with Gasteiger partial charge < -0.3 is 15.0 Å². The van der Waals surface area contributed by atoms with Crippen LogP contribution in [0.15, 0.2) is 43.0 Å². The van der Waals surface area contributed by atoms with Gasteiger partial charge in [0.15, 0.2) is 0 Å². The molecule has 1 N–H and O–H groups in total. The Hall–Kier alpha value is -3.15. The van der Waals surface area contributed by atoms with Gasteiger partial charge in [0, 0.05) is 35.0 Å². The molecule has 0 spiro atoms. The van der Waals surface area contributed by atoms with E-state index in [4.69, 9.17) is 0 Å². The number of hydrogen-bond donors (Lipinski definition) is 1. The Kier molecular flexibility index (Phi) is 4.52. The number of carbonyl (C=O) groups is 3. The van der Waals surface area contributed by atoms with Gasteiger partial charge in [0.25, 0.3) is 5.91 Å². The summed E-state index contributed by atoms with van der Waals surface area (Å²) in [6, 6.07) is 9.02. The number of hydrogen-bond acceptors (Lipinski definition) is 4. The number of nitrogens with zero attached hydrogens (tertiary/aromatic N) is 1. The van der Waals surface area contributed by atoms with Gasteiger partial charge >= 0.3 is 5.97 Å². The summed E-state index contributed by atoms with van der Waals surface area (Å²) >= 11 is 0. The highest BCUT2D eigenvalue weighted by Crippen LogP contribution is 2.40. The Balaban J connectivity index is 1.95. The first kappa shape index (κ1) is 16.7. The van der Waals surface area contributed by atoms with E-state index in [0.717, 1.165) is 16.5 Å². The van der Waals surface area contributed by atoms with Crippen LogP contribution in [-0.4, -0.2) is 31.4 Å². The Morgan fingerprint density at radius 1 is 1.28 bits per heavy atom. The van der Waals surface area contributed by atoms with Crippen molar-refractivity contribution < 1.29 is 19.1 Å². The molecule has 128 valence electrons. The zero-order valence-electron chi connectivity index (χ0n) is 13.9. The lowest BCUT2D eigenvalue weighted by Gasteiger charge is -2.17. The average Bonchev–Trinajstić information content (AvgIpc) is 2.90. The third-order valence-corrected chi connectivity index (χ3v) is 4.22. The first-order chi connectivity index (χ1) is 12.1. The standard InChI is InChI=1S/C19H18N2O4/c1-3-16(22)20-14-9-10-15-18-12(14)6-4-7-13(18)19(24)21(15)11-5-8-17(23)25-2/h3-4,6-7,9-10H,1,5,8,11H2,2H3,(H,20,22). The summed E-state index contributed by atoms with van der Waals surface area (Å²) in [4.78, 5) is 37.3. The van der Waals surface area contributed by atoms with Crippen LogP contribution in [0.2, 0.25) is 0 Å². The summed E-state index contributed by atoms with van der Waals surface area (Å²) in [5, 5.41) is 4.38. The van der Waals surface area contributed by atoms with Crippen LogP contribution in [-0.2, 0) is 14.3 Å². The van der Waals surface area contributed by atoms with E-state index in [1.165, 1.54) is 13.2 Å². The fraction of sp³-hybridized carbons (Fsp3) is 0.211. The number of anilines is 2. The molecule has 0 aromatic heterocycles. The molecule has 0 fully saturated rings. The van der Waals surface area contributed by atoms with Crippen molar-refractivity contribution in [2.75, 3.05) is 23.9 Å². The lowest BCUT2D eigenvalue weighted by Crippen LogP contribution is -2.28. The molecule has 1 heterocycles. The quantitative estimate of drug-likeness (QED) is 0.649. The molecule has 2 aromatic carbocycles. The molecule has 0 saturated heterocycles. The van der Waals surface area contributed by atoms with E-state index >= 15 is 0 Å². The highest BCUT2D eigenvalue weighted by Gasteiger charge is 2.30. The van der Waals surface area contributed by atoms with Gasteiger partial charge in [-0.25, -0.2) is 0 Å². The molecule has 1 aliphatic heterocycles. The molecule has 2 amide bonds. The fourth-order valence-electron chi connectivity index (χ4n) is 3.04. The SMILES string of the molecule is C=CC(=O)Nc1ccc2c3c(cccc13)C(=O)N2CCCC(=O)OC. The maximum Gasteiger partial charge on any atom is 0.305 e. The van der Waals surface area contributed by atoms with E-state index in [-0.39, 0.29) is 24.2 Å². The predicted octanol–water partition coefficient (Wildman–Crippen LogP) is 2.88. The van der Waals surface area contributed by atoms with Gasteiger partial charge in [0.2, 0.25) is 5.91 Å². The van der Waals surface area contributed by atoms with E-state index in [1.807, 2.05) is 12.1 Å². The van der Waals surface area contributed by atoms with Crippen molar-refractivity contribution in [2.24, 2.45) is 0 Å². The zero-order chi connectivity index (χ0) is 18.0. The largest absolute Gasteiger partial charge is 0.469 e. The summed E-state index contributed by atoms with van der Waals surface area (Å²) in [5.41, 5.74) is 2.02. The van der Waals surface area contributed by atoms with Gasteiger partial charge in [0.05, 0.1) is 12.8 Å². The van der Waals surface area contributed by atoms with Crippen molar-refractivity contribution in [3.05, 3.63) is 48.6 Å². The van der Waals surface area contributed by atoms with Crippen LogP contribution in [0.5, 0.6) is 0 Å². The van der Waals surface area contributed by atoms with Crippen molar-refractivity contribution in [3.8, 4) is 0 Å². The van der Waals surface area contributed by atoms with Crippen molar-refractivity contribution in [2.45, 2.75) is 12.8 Å². The second-order valence-electron chi connectivity index (χ2n) is 5.69. The lowest BCUT2D eigenvalue weighted by atomic mass is 10.0. The third-order valence-electron chi connectivity index (χ3n) is 4.22. The topological polar surface area (TPSA) is 75.7 Å². The lowest BCUT2D eigenvalue weighted by molar-refractivity contribution is -0.140. The Bertz CT molecular complexity index is 888. The number of nitrogens with one attached hydrogen (secondary N) is 1. The number of rotatable bonds is 6. The van der Waals surface area contributed by atoms with E-state index in [2.05, 4.69) is 16.6 Å². The van der Waals surface area contributed by atoms with Gasteiger partial charge in [-0.1, -0.05) is 18.7 Å². The molecule has 1 aliphatic rings. The number of carbonyl (C=O) groups excluding carboxylic acids is 3. The summed E-state index contributed by atoms with van der Waals surface area (Å²) < 4.78 is 4.63. The van der Waals surface area contributed by atoms with E-state index in [9.17, 15) is 14.4 Å². The Morgan fingerprint density at radius 3 is 2.80 bits per heavy atom. The van der Waals surface area contributed by atoms with Crippen molar-refractivity contribution in [1.82, 2.24) is 0 Å². The van der Waals surface area contributed by atoms with Gasteiger partial charge in [0.1, 0.15) is 0 Å². The van der Waals surface area contributed by atoms with Crippen LogP contribution in [0.4, 0.5) is 11.4 Å². The molecule has 0 saturated carbocycles. The van der Waals surface area contributed by atoms with Crippen molar-refractivity contribution in [1.29, 1.82) is 0 Å². The molecule has 6 nitrogen and oxygen atoms in total. The first-order valence-electron chi connectivity index (χ1n) is 7.94. The third kappa shape index (κ3) is 2.98. The molecule has 3 rings (SSSR count). The number of esters is 1. The minimum absolute atomic E-state index is 0.0994. The summed E-state index contributed by atoms with van der Waals surface area (Å²) in [6.07, 6.45) is 1.98. The Morgan fingerprint density at radius 2 is 2.08 bits per heavy atom. The second kappa shape index (κ2) is 6.76. The maximum absolute atomic E-state index is 12.7. The van der Waals surface area contributed by atoms with Crippen molar-refractivity contribution in [3.63, 3.8) is 0 Å². The van der Waals surface area contributed by atoms with Crippen LogP contribution < -0.4 is 10.2 Å². The normalized spacial score (nSPS) is 12.4. The van der Waals surface area contributed by atoms with Gasteiger partial charge in [-0.15, -0.1) is 0 Å². The molecule has 6 heteroatoms. The molecule has 0 bridgehead atoms. The zero-order valence-corrected chi connectivity index (χ0v) is 13.9. The highest BCUT2D eigenvalue weighted by atomic mass is 16.5. The monoisotopic (exact) mass is 338 g/mol. The number of ether oxygens (including phenoxy) is 1. The molecule has 0 aliphatic carbocycles. The molecule has 0 radical (unpaired) electrons. The smallest absolute Gasteiger partial charge is 0.305 e. The minimum Gasteiger partial charge on any atom is -0.469 e. The number of amides is 2. The summed E-state index contributed by atoms with van der Waals surface area (Å²) in [5.74, 6) is -0.700. The van der Waals surface area contributed by atoms with Crippen LogP contribution in [0.3, 0.4) is 0 Å². The molecule has 2 aromatic rings. The maximum atomic E-state index is 12.7. The fourth-order valence-corrected chi connectivity index (χ4v) is 3.04. The summed E-state index contributed by atoms with van der Waals surface area (Å²) in [6.45, 7) is 3.88. The van der Waals surface area contributed by atoms with Crippen LogP contribution in [0.1, 0.15) is 23.2 Å². The number of methoxy groups -OCH3 is 1. The first-order valence-corrected chi connectivity index (χ1v) is 7.94. The van der Waals surface area contributed by atoms with Gasteiger partial charge in [-0.2, -0.15) is 0 Å². The molecule has 0 atom stereocenters. The average molecular weight is 338 g/mol. The van der Waals surface area contributed by atoms with Crippen LogP contribution in [0, 0.1) is 0 Å². The van der Waals surface area contributed by atoms with Gasteiger partial charge in [-0.3, -0.25) is 14.4 Å². The van der Waals surface area contributed by atoms with Gasteiger partial charge in [-0.05, 0) is 30.7 Å². The second-order valence-corrected chi connectivity index (χ2v) is 5.69. The van der Waals surface area contributed by atoms with Crippen molar-refractivity contribution >= 4 is 39.9 Å². The summed E-state index contributed by atoms with van der Waals surface area (Å²) in [7, 11) is 1.35. The van der Waals surface area contributed by atoms with E-state index < -0.39 is 0 Å². The predicted molar refractivity (Wildman–Crippen MR) is 95.7 cm³/mol. The number of benzene rings is 2. The van der Waals surface area contributed by atoms with Crippen LogP contribution >= 0.6 is 0 Å². The minimum atomic E-state index is -0.306. The van der Waals surface area contributed by atoms with Crippen LogP contribution in [0.25, 0.3) is 10.8 Å². The van der Waals surface area contributed by atoms with E-state index in [0.29, 0.717) is 24.2 Å².